The van der Waals surface area contributed by atoms with E-state index in [1.54, 1.807) is 6.92 Å². The fourth-order valence-electron chi connectivity index (χ4n) is 1.51. The molecule has 2 rings (SSSR count). The lowest BCUT2D eigenvalue weighted by Gasteiger charge is -2.06. The van der Waals surface area contributed by atoms with Crippen molar-refractivity contribution < 1.29 is 13.9 Å². The van der Waals surface area contributed by atoms with Crippen molar-refractivity contribution in [2.45, 2.75) is 6.92 Å². The number of carbonyl (C=O) groups excluding carboxylic acids is 1. The monoisotopic (exact) mass is 269 g/mol. The highest BCUT2D eigenvalue weighted by Crippen LogP contribution is 2.20. The summed E-state index contributed by atoms with van der Waals surface area (Å²) >= 11 is 5.66. The van der Waals surface area contributed by atoms with Crippen LogP contribution in [0.1, 0.15) is 16.2 Å². The van der Waals surface area contributed by atoms with E-state index >= 15 is 0 Å². The summed E-state index contributed by atoms with van der Waals surface area (Å²) in [4.78, 5) is 11.6. The van der Waals surface area contributed by atoms with Gasteiger partial charge in [-0.3, -0.25) is 0 Å². The van der Waals surface area contributed by atoms with E-state index < -0.39 is 11.8 Å². The maximum Gasteiger partial charge on any atom is 0.358 e. The first kappa shape index (κ1) is 12.5. The van der Waals surface area contributed by atoms with Crippen LogP contribution >= 0.6 is 11.6 Å². The zero-order valence-corrected chi connectivity index (χ0v) is 10.4. The summed E-state index contributed by atoms with van der Waals surface area (Å²) in [7, 11) is 1.23. The highest BCUT2D eigenvalue weighted by atomic mass is 35.5. The topological polar surface area (TPSA) is 57.0 Å². The molecule has 0 saturated carbocycles. The van der Waals surface area contributed by atoms with Crippen LogP contribution in [0.3, 0.4) is 0 Å². The zero-order chi connectivity index (χ0) is 13.3. The SMILES string of the molecule is COC(=O)c1c(C)nnn1-c1ccc(Cl)cc1F. The maximum absolute atomic E-state index is 13.8. The van der Waals surface area contributed by atoms with Crippen molar-refractivity contribution in [2.24, 2.45) is 0 Å². The van der Waals surface area contributed by atoms with Gasteiger partial charge in [-0.1, -0.05) is 16.8 Å². The Labute approximate surface area is 107 Å². The van der Waals surface area contributed by atoms with Crippen molar-refractivity contribution in [1.82, 2.24) is 15.0 Å². The van der Waals surface area contributed by atoms with Crippen molar-refractivity contribution in [1.29, 1.82) is 0 Å². The van der Waals surface area contributed by atoms with Crippen molar-refractivity contribution in [3.05, 3.63) is 40.4 Å². The predicted molar refractivity (Wildman–Crippen MR) is 62.4 cm³/mol. The van der Waals surface area contributed by atoms with Crippen LogP contribution in [0.25, 0.3) is 5.69 Å². The second-order valence-corrected chi connectivity index (χ2v) is 3.96. The molecular formula is C11H9ClFN3O2. The van der Waals surface area contributed by atoms with Crippen molar-refractivity contribution in [3.63, 3.8) is 0 Å². The summed E-state index contributed by atoms with van der Waals surface area (Å²) in [6.45, 7) is 1.59. The molecule has 0 N–H and O–H groups in total. The molecule has 1 aromatic heterocycles. The number of aryl methyl sites for hydroxylation is 1. The molecular weight excluding hydrogens is 261 g/mol. The van der Waals surface area contributed by atoms with E-state index in [1.165, 1.54) is 19.2 Å². The Balaban J connectivity index is 2.61. The number of hydrogen-bond acceptors (Lipinski definition) is 4. The molecule has 0 atom stereocenters. The first-order chi connectivity index (χ1) is 8.54. The van der Waals surface area contributed by atoms with Gasteiger partial charge in [0.15, 0.2) is 5.69 Å². The molecule has 0 aliphatic carbocycles. The molecule has 0 radical (unpaired) electrons. The summed E-state index contributed by atoms with van der Waals surface area (Å²) in [5.74, 6) is -1.23. The second kappa shape index (κ2) is 4.73. The quantitative estimate of drug-likeness (QED) is 0.784. The van der Waals surface area contributed by atoms with Gasteiger partial charge in [0.05, 0.1) is 12.8 Å². The maximum atomic E-state index is 13.8. The number of ether oxygens (including phenoxy) is 1. The van der Waals surface area contributed by atoms with Gasteiger partial charge in [-0.05, 0) is 25.1 Å². The van der Waals surface area contributed by atoms with Gasteiger partial charge in [-0.25, -0.2) is 13.9 Å². The van der Waals surface area contributed by atoms with Gasteiger partial charge in [-0.2, -0.15) is 0 Å². The summed E-state index contributed by atoms with van der Waals surface area (Å²) in [5, 5.41) is 7.72. The number of hydrogen-bond donors (Lipinski definition) is 0. The Hall–Kier alpha value is -1.95. The molecule has 0 unspecified atom stereocenters. The minimum absolute atomic E-state index is 0.0822. The molecule has 0 aliphatic heterocycles. The number of aromatic nitrogens is 3. The first-order valence-corrected chi connectivity index (χ1v) is 5.38. The zero-order valence-electron chi connectivity index (χ0n) is 9.65. The summed E-state index contributed by atoms with van der Waals surface area (Å²) in [5.41, 5.74) is 0.523. The highest BCUT2D eigenvalue weighted by molar-refractivity contribution is 6.30. The number of methoxy groups -OCH3 is 1. The average molecular weight is 270 g/mol. The number of esters is 1. The van der Waals surface area contributed by atoms with Gasteiger partial charge in [0.1, 0.15) is 11.5 Å². The summed E-state index contributed by atoms with van der Waals surface area (Å²) < 4.78 is 19.5. The third-order valence-corrected chi connectivity index (χ3v) is 2.59. The molecule has 0 spiro atoms. The molecule has 5 nitrogen and oxygen atoms in total. The van der Waals surface area contributed by atoms with Gasteiger partial charge >= 0.3 is 5.97 Å². The number of rotatable bonds is 2. The minimum Gasteiger partial charge on any atom is -0.464 e. The van der Waals surface area contributed by atoms with Gasteiger partial charge < -0.3 is 4.74 Å². The van der Waals surface area contributed by atoms with E-state index in [4.69, 9.17) is 11.6 Å². The Bertz CT molecular complexity index is 612. The van der Waals surface area contributed by atoms with Gasteiger partial charge in [0.25, 0.3) is 0 Å². The number of nitrogens with zero attached hydrogens (tertiary/aromatic N) is 3. The molecule has 0 bridgehead atoms. The lowest BCUT2D eigenvalue weighted by molar-refractivity contribution is 0.0589. The molecule has 1 heterocycles. The van der Waals surface area contributed by atoms with E-state index in [-0.39, 0.29) is 16.4 Å². The Morgan fingerprint density at radius 3 is 2.83 bits per heavy atom. The third kappa shape index (κ3) is 2.06. The predicted octanol–water partition coefficient (Wildman–Crippen LogP) is 2.15. The molecule has 18 heavy (non-hydrogen) atoms. The minimum atomic E-state index is -0.633. The normalized spacial score (nSPS) is 10.4. The Morgan fingerprint density at radius 2 is 2.22 bits per heavy atom. The molecule has 0 aliphatic rings. The van der Waals surface area contributed by atoms with Crippen LogP contribution < -0.4 is 0 Å². The van der Waals surface area contributed by atoms with Crippen LogP contribution in [0.4, 0.5) is 4.39 Å². The van der Waals surface area contributed by atoms with Crippen molar-refractivity contribution >= 4 is 17.6 Å². The summed E-state index contributed by atoms with van der Waals surface area (Å²) in [6.07, 6.45) is 0. The lowest BCUT2D eigenvalue weighted by atomic mass is 10.2. The van der Waals surface area contributed by atoms with Crippen molar-refractivity contribution in [3.8, 4) is 5.69 Å². The van der Waals surface area contributed by atoms with E-state index in [9.17, 15) is 9.18 Å². The first-order valence-electron chi connectivity index (χ1n) is 5.00. The molecule has 2 aromatic rings. The van der Waals surface area contributed by atoms with Gasteiger partial charge in [-0.15, -0.1) is 5.10 Å². The van der Waals surface area contributed by atoms with Crippen LogP contribution in [-0.2, 0) is 4.74 Å². The largest absolute Gasteiger partial charge is 0.464 e. The second-order valence-electron chi connectivity index (χ2n) is 3.52. The molecule has 0 fully saturated rings. The van der Waals surface area contributed by atoms with Crippen molar-refractivity contribution in [2.75, 3.05) is 7.11 Å². The van der Waals surface area contributed by atoms with E-state index in [0.717, 1.165) is 10.7 Å². The number of carbonyl (C=O) groups is 1. The number of halogens is 2. The van der Waals surface area contributed by atoms with Gasteiger partial charge in [0, 0.05) is 5.02 Å². The van der Waals surface area contributed by atoms with E-state index in [0.29, 0.717) is 5.69 Å². The molecule has 94 valence electrons. The van der Waals surface area contributed by atoms with E-state index in [1.807, 2.05) is 0 Å². The number of benzene rings is 1. The van der Waals surface area contributed by atoms with Crippen LogP contribution in [0, 0.1) is 12.7 Å². The Kier molecular flexibility index (Phi) is 3.29. The fraction of sp³-hybridized carbons (Fsp3) is 0.182. The smallest absolute Gasteiger partial charge is 0.358 e. The Morgan fingerprint density at radius 1 is 1.50 bits per heavy atom. The lowest BCUT2D eigenvalue weighted by Crippen LogP contribution is -2.12. The van der Waals surface area contributed by atoms with Crippen LogP contribution in [-0.4, -0.2) is 28.1 Å². The molecule has 7 heteroatoms. The molecule has 0 amide bonds. The summed E-state index contributed by atoms with van der Waals surface area (Å²) in [6, 6.07) is 4.05. The van der Waals surface area contributed by atoms with E-state index in [2.05, 4.69) is 15.0 Å². The average Bonchev–Trinajstić information content (AvgIpc) is 2.70. The molecule has 1 aromatic carbocycles. The van der Waals surface area contributed by atoms with Gasteiger partial charge in [0.2, 0.25) is 0 Å². The fourth-order valence-corrected chi connectivity index (χ4v) is 1.67. The standard InChI is InChI=1S/C11H9ClFN3O2/c1-6-10(11(17)18-2)16(15-14-6)9-4-3-7(12)5-8(9)13/h3-5H,1-2H3. The third-order valence-electron chi connectivity index (χ3n) is 2.36. The van der Waals surface area contributed by atoms with Crippen LogP contribution in [0.15, 0.2) is 18.2 Å². The highest BCUT2D eigenvalue weighted by Gasteiger charge is 2.21. The molecule has 0 saturated heterocycles. The van der Waals surface area contributed by atoms with Crippen LogP contribution in [0.2, 0.25) is 5.02 Å². The van der Waals surface area contributed by atoms with Crippen LogP contribution in [0.5, 0.6) is 0 Å².